The number of anilines is 1. The van der Waals surface area contributed by atoms with Gasteiger partial charge in [0, 0.05) is 23.2 Å². The lowest BCUT2D eigenvalue weighted by Gasteiger charge is -2.17. The smallest absolute Gasteiger partial charge is 0.310 e. The predicted octanol–water partition coefficient (Wildman–Crippen LogP) is 1.67. The number of hydrogen-bond donors (Lipinski definition) is 1. The third-order valence-corrected chi connectivity index (χ3v) is 3.92. The fraction of sp³-hybridized carbons (Fsp3) is 0.385. The maximum atomic E-state index is 12.4. The Bertz CT molecular complexity index is 519. The van der Waals surface area contributed by atoms with Crippen molar-refractivity contribution in [1.29, 1.82) is 0 Å². The van der Waals surface area contributed by atoms with E-state index in [1.54, 1.807) is 23.1 Å². The summed E-state index contributed by atoms with van der Waals surface area (Å²) in [6, 6.07) is 5.11. The number of rotatable bonds is 2. The Kier molecular flexibility index (Phi) is 4.09. The molecule has 2 rings (SSSR count). The van der Waals surface area contributed by atoms with Crippen molar-refractivity contribution in [2.45, 2.75) is 6.42 Å². The first-order valence-electron chi connectivity index (χ1n) is 5.95. The van der Waals surface area contributed by atoms with Gasteiger partial charge in [-0.3, -0.25) is 9.59 Å². The van der Waals surface area contributed by atoms with Gasteiger partial charge in [0.1, 0.15) is 0 Å². The monoisotopic (exact) mass is 326 g/mol. The minimum Gasteiger partial charge on any atom is -0.469 e. The van der Waals surface area contributed by atoms with Gasteiger partial charge >= 0.3 is 5.97 Å². The van der Waals surface area contributed by atoms with Crippen LogP contribution in [0.3, 0.4) is 0 Å². The van der Waals surface area contributed by atoms with Crippen molar-refractivity contribution in [3.05, 3.63) is 28.2 Å². The fourth-order valence-corrected chi connectivity index (χ4v) is 2.60. The van der Waals surface area contributed by atoms with Crippen LogP contribution in [0.5, 0.6) is 0 Å². The number of amides is 1. The average molecular weight is 327 g/mol. The van der Waals surface area contributed by atoms with E-state index in [-0.39, 0.29) is 17.8 Å². The van der Waals surface area contributed by atoms with Crippen LogP contribution in [0.15, 0.2) is 22.7 Å². The van der Waals surface area contributed by atoms with Gasteiger partial charge in [0.25, 0.3) is 5.91 Å². The van der Waals surface area contributed by atoms with Crippen LogP contribution in [0.1, 0.15) is 16.8 Å². The molecule has 102 valence electrons. The molecular formula is C13H15BrN2O3. The highest BCUT2D eigenvalue weighted by atomic mass is 79.9. The predicted molar refractivity (Wildman–Crippen MR) is 74.6 cm³/mol. The molecule has 1 aliphatic rings. The van der Waals surface area contributed by atoms with E-state index in [0.717, 1.165) is 0 Å². The van der Waals surface area contributed by atoms with E-state index < -0.39 is 0 Å². The van der Waals surface area contributed by atoms with Crippen molar-refractivity contribution in [3.63, 3.8) is 0 Å². The average Bonchev–Trinajstić information content (AvgIpc) is 2.89. The Labute approximate surface area is 119 Å². The molecule has 1 aliphatic heterocycles. The second-order valence-corrected chi connectivity index (χ2v) is 5.35. The van der Waals surface area contributed by atoms with Gasteiger partial charge in [-0.1, -0.05) is 0 Å². The molecule has 0 spiro atoms. The summed E-state index contributed by atoms with van der Waals surface area (Å²) >= 11 is 3.34. The van der Waals surface area contributed by atoms with E-state index in [0.29, 0.717) is 35.2 Å². The van der Waals surface area contributed by atoms with Gasteiger partial charge < -0.3 is 15.4 Å². The van der Waals surface area contributed by atoms with Crippen LogP contribution in [-0.2, 0) is 9.53 Å². The molecule has 1 atom stereocenters. The lowest BCUT2D eigenvalue weighted by molar-refractivity contribution is -0.144. The summed E-state index contributed by atoms with van der Waals surface area (Å²) in [4.78, 5) is 25.5. The number of carbonyl (C=O) groups excluding carboxylic acids is 2. The molecule has 0 radical (unpaired) electrons. The van der Waals surface area contributed by atoms with Crippen LogP contribution >= 0.6 is 15.9 Å². The number of methoxy groups -OCH3 is 1. The van der Waals surface area contributed by atoms with E-state index in [2.05, 4.69) is 15.9 Å². The molecule has 1 unspecified atom stereocenters. The van der Waals surface area contributed by atoms with Crippen LogP contribution in [0.4, 0.5) is 5.69 Å². The van der Waals surface area contributed by atoms with E-state index in [4.69, 9.17) is 10.5 Å². The van der Waals surface area contributed by atoms with Gasteiger partial charge in [-0.15, -0.1) is 0 Å². The number of nitrogens with zero attached hydrogens (tertiary/aromatic N) is 1. The van der Waals surface area contributed by atoms with Gasteiger partial charge in [0.15, 0.2) is 0 Å². The van der Waals surface area contributed by atoms with Crippen molar-refractivity contribution < 1.29 is 14.3 Å². The Morgan fingerprint density at radius 1 is 1.47 bits per heavy atom. The van der Waals surface area contributed by atoms with Gasteiger partial charge in [-0.05, 0) is 40.5 Å². The highest BCUT2D eigenvalue weighted by Crippen LogP contribution is 2.25. The molecule has 1 heterocycles. The zero-order chi connectivity index (χ0) is 14.0. The molecule has 0 bridgehead atoms. The zero-order valence-electron chi connectivity index (χ0n) is 10.6. The lowest BCUT2D eigenvalue weighted by Crippen LogP contribution is -2.30. The Hall–Kier alpha value is -1.56. The molecule has 5 nitrogen and oxygen atoms in total. The van der Waals surface area contributed by atoms with E-state index in [1.165, 1.54) is 7.11 Å². The molecule has 1 fully saturated rings. The minimum absolute atomic E-state index is 0.120. The SMILES string of the molecule is COC(=O)C1CCN(C(=O)c2cc(N)ccc2Br)C1. The summed E-state index contributed by atoms with van der Waals surface area (Å²) in [5.41, 5.74) is 6.75. The van der Waals surface area contributed by atoms with Crippen molar-refractivity contribution in [2.24, 2.45) is 5.92 Å². The number of benzene rings is 1. The second kappa shape index (κ2) is 5.61. The molecule has 6 heteroatoms. The number of hydrogen-bond acceptors (Lipinski definition) is 4. The third-order valence-electron chi connectivity index (χ3n) is 3.23. The highest BCUT2D eigenvalue weighted by molar-refractivity contribution is 9.10. The standard InChI is InChI=1S/C13H15BrN2O3/c1-19-13(18)8-4-5-16(7-8)12(17)10-6-9(15)2-3-11(10)14/h2-3,6,8H,4-5,7,15H2,1H3. The van der Waals surface area contributed by atoms with Crippen molar-refractivity contribution >= 4 is 33.5 Å². The van der Waals surface area contributed by atoms with Crippen LogP contribution in [0.2, 0.25) is 0 Å². The number of nitrogens with two attached hydrogens (primary N) is 1. The molecule has 1 aromatic carbocycles. The van der Waals surface area contributed by atoms with Gasteiger partial charge in [0.05, 0.1) is 18.6 Å². The van der Waals surface area contributed by atoms with Crippen LogP contribution in [0.25, 0.3) is 0 Å². The molecule has 1 amide bonds. The topological polar surface area (TPSA) is 72.6 Å². The Morgan fingerprint density at radius 2 is 2.21 bits per heavy atom. The summed E-state index contributed by atoms with van der Waals surface area (Å²) < 4.78 is 5.41. The number of likely N-dealkylation sites (tertiary alicyclic amines) is 1. The lowest BCUT2D eigenvalue weighted by atomic mass is 10.1. The number of esters is 1. The number of ether oxygens (including phenoxy) is 1. The summed E-state index contributed by atoms with van der Waals surface area (Å²) in [6.07, 6.45) is 0.637. The summed E-state index contributed by atoms with van der Waals surface area (Å²) in [5.74, 6) is -0.610. The van der Waals surface area contributed by atoms with E-state index in [9.17, 15) is 9.59 Å². The molecule has 2 N–H and O–H groups in total. The number of halogens is 1. The maximum Gasteiger partial charge on any atom is 0.310 e. The second-order valence-electron chi connectivity index (χ2n) is 4.50. The number of nitrogen functional groups attached to an aromatic ring is 1. The quantitative estimate of drug-likeness (QED) is 0.662. The molecular weight excluding hydrogens is 312 g/mol. The molecule has 0 aliphatic carbocycles. The summed E-state index contributed by atoms with van der Waals surface area (Å²) in [7, 11) is 1.36. The van der Waals surface area contributed by atoms with E-state index >= 15 is 0 Å². The summed E-state index contributed by atoms with van der Waals surface area (Å²) in [6.45, 7) is 0.951. The largest absolute Gasteiger partial charge is 0.469 e. The van der Waals surface area contributed by atoms with Crippen molar-refractivity contribution in [2.75, 3.05) is 25.9 Å². The molecule has 0 saturated carbocycles. The van der Waals surface area contributed by atoms with Crippen molar-refractivity contribution in [3.8, 4) is 0 Å². The molecule has 1 saturated heterocycles. The molecule has 1 aromatic rings. The molecule has 19 heavy (non-hydrogen) atoms. The Morgan fingerprint density at radius 3 is 2.89 bits per heavy atom. The highest BCUT2D eigenvalue weighted by Gasteiger charge is 2.32. The first kappa shape index (κ1) is 13.9. The van der Waals surface area contributed by atoms with Gasteiger partial charge in [0.2, 0.25) is 0 Å². The van der Waals surface area contributed by atoms with E-state index in [1.807, 2.05) is 0 Å². The fourth-order valence-electron chi connectivity index (χ4n) is 2.18. The van der Waals surface area contributed by atoms with Crippen LogP contribution in [-0.4, -0.2) is 37.0 Å². The maximum absolute atomic E-state index is 12.4. The first-order chi connectivity index (χ1) is 9.02. The minimum atomic E-state index is -0.262. The van der Waals surface area contributed by atoms with Crippen LogP contribution < -0.4 is 5.73 Å². The van der Waals surface area contributed by atoms with Crippen LogP contribution in [0, 0.1) is 5.92 Å². The molecule has 0 aromatic heterocycles. The van der Waals surface area contributed by atoms with Crippen molar-refractivity contribution in [1.82, 2.24) is 4.90 Å². The normalized spacial score (nSPS) is 18.4. The Balaban J connectivity index is 2.13. The van der Waals surface area contributed by atoms with Gasteiger partial charge in [-0.2, -0.15) is 0 Å². The summed E-state index contributed by atoms with van der Waals surface area (Å²) in [5, 5.41) is 0. The third kappa shape index (κ3) is 2.89. The zero-order valence-corrected chi connectivity index (χ0v) is 12.1. The first-order valence-corrected chi connectivity index (χ1v) is 6.74. The number of carbonyl (C=O) groups is 2. The van der Waals surface area contributed by atoms with Gasteiger partial charge in [-0.25, -0.2) is 0 Å².